The molecule has 0 bridgehead atoms. The van der Waals surface area contributed by atoms with Gasteiger partial charge in [0.15, 0.2) is 0 Å². The number of pyridine rings is 1. The molecule has 1 aromatic heterocycles. The van der Waals surface area contributed by atoms with Gasteiger partial charge in [-0.25, -0.2) is 0 Å². The number of amides is 1. The zero-order chi connectivity index (χ0) is 13.1. The summed E-state index contributed by atoms with van der Waals surface area (Å²) in [6, 6.07) is 4.04. The van der Waals surface area contributed by atoms with E-state index in [1.807, 2.05) is 23.2 Å². The van der Waals surface area contributed by atoms with Crippen LogP contribution < -0.4 is 5.32 Å². The maximum atomic E-state index is 12.5. The highest BCUT2D eigenvalue weighted by molar-refractivity contribution is 5.84. The normalized spacial score (nSPS) is 24.9. The Kier molecular flexibility index (Phi) is 3.75. The molecule has 0 aromatic carbocycles. The van der Waals surface area contributed by atoms with Crippen molar-refractivity contribution >= 4 is 5.91 Å². The van der Waals surface area contributed by atoms with Crippen LogP contribution in [0.5, 0.6) is 0 Å². The lowest BCUT2D eigenvalue weighted by atomic mass is 10.2. The van der Waals surface area contributed by atoms with Gasteiger partial charge in [-0.15, -0.1) is 0 Å². The van der Waals surface area contributed by atoms with E-state index in [4.69, 9.17) is 0 Å². The third-order valence-corrected chi connectivity index (χ3v) is 3.96. The van der Waals surface area contributed by atoms with Crippen molar-refractivity contribution in [2.45, 2.75) is 19.0 Å². The number of hydrogen-bond donors (Lipinski definition) is 1. The molecule has 3 rings (SSSR count). The molecule has 0 radical (unpaired) electrons. The molecule has 0 saturated carbocycles. The van der Waals surface area contributed by atoms with E-state index in [1.54, 1.807) is 6.20 Å². The number of rotatable bonds is 3. The van der Waals surface area contributed by atoms with E-state index in [9.17, 15) is 4.79 Å². The summed E-state index contributed by atoms with van der Waals surface area (Å²) in [6.45, 7) is 5.50. The molecule has 1 atom stereocenters. The van der Waals surface area contributed by atoms with Crippen LogP contribution in [0.2, 0.25) is 0 Å². The van der Waals surface area contributed by atoms with Crippen LogP contribution in [-0.2, 0) is 11.3 Å². The molecule has 2 aliphatic heterocycles. The molecule has 102 valence electrons. The lowest BCUT2D eigenvalue weighted by Gasteiger charge is -2.31. The minimum Gasteiger partial charge on any atom is -0.337 e. The molecule has 1 unspecified atom stereocenters. The van der Waals surface area contributed by atoms with Gasteiger partial charge in [0.2, 0.25) is 5.91 Å². The van der Waals surface area contributed by atoms with Crippen molar-refractivity contribution in [2.24, 2.45) is 0 Å². The molecule has 2 aliphatic rings. The highest BCUT2D eigenvalue weighted by Crippen LogP contribution is 2.19. The summed E-state index contributed by atoms with van der Waals surface area (Å²) in [5.41, 5.74) is 1.11. The molecule has 5 nitrogen and oxygen atoms in total. The van der Waals surface area contributed by atoms with E-state index in [0.29, 0.717) is 6.54 Å². The van der Waals surface area contributed by atoms with Crippen molar-refractivity contribution in [1.29, 1.82) is 0 Å². The van der Waals surface area contributed by atoms with Crippen LogP contribution in [0.25, 0.3) is 0 Å². The van der Waals surface area contributed by atoms with E-state index >= 15 is 0 Å². The van der Waals surface area contributed by atoms with Gasteiger partial charge in [0, 0.05) is 51.7 Å². The van der Waals surface area contributed by atoms with Crippen LogP contribution >= 0.6 is 0 Å². The van der Waals surface area contributed by atoms with Crippen LogP contribution in [0.4, 0.5) is 0 Å². The first kappa shape index (κ1) is 12.6. The summed E-state index contributed by atoms with van der Waals surface area (Å²) in [6.07, 6.45) is 4.56. The summed E-state index contributed by atoms with van der Waals surface area (Å²) >= 11 is 0. The zero-order valence-corrected chi connectivity index (χ0v) is 11.1. The number of hydrogen-bond acceptors (Lipinski definition) is 4. The Balaban J connectivity index is 1.62. The van der Waals surface area contributed by atoms with Crippen molar-refractivity contribution in [3.05, 3.63) is 30.1 Å². The van der Waals surface area contributed by atoms with E-state index in [1.165, 1.54) is 0 Å². The summed E-state index contributed by atoms with van der Waals surface area (Å²) in [5.74, 6) is 0.283. The smallest absolute Gasteiger partial charge is 0.240 e. The first-order valence-electron chi connectivity index (χ1n) is 6.97. The van der Waals surface area contributed by atoms with Crippen LogP contribution in [0.1, 0.15) is 12.0 Å². The minimum atomic E-state index is 0.0961. The maximum absolute atomic E-state index is 12.5. The fraction of sp³-hybridized carbons (Fsp3) is 0.571. The van der Waals surface area contributed by atoms with E-state index < -0.39 is 0 Å². The number of aromatic nitrogens is 1. The van der Waals surface area contributed by atoms with Gasteiger partial charge in [-0.1, -0.05) is 6.07 Å². The molecule has 2 saturated heterocycles. The van der Waals surface area contributed by atoms with Crippen molar-refractivity contribution in [3.8, 4) is 0 Å². The Labute approximate surface area is 113 Å². The lowest BCUT2D eigenvalue weighted by molar-refractivity contribution is -0.132. The molecule has 1 aromatic rings. The van der Waals surface area contributed by atoms with Crippen molar-refractivity contribution in [1.82, 2.24) is 20.1 Å². The molecule has 2 fully saturated rings. The standard InChI is InChI=1S/C14H20N4O/c19-14-13(17-8-5-15-6-9-17)3-7-18(14)11-12-2-1-4-16-10-12/h1-2,4,10,13,15H,3,5-9,11H2. The molecular weight excluding hydrogens is 240 g/mol. The van der Waals surface area contributed by atoms with Crippen LogP contribution in [-0.4, -0.2) is 59.5 Å². The maximum Gasteiger partial charge on any atom is 0.240 e. The summed E-state index contributed by atoms with van der Waals surface area (Å²) in [4.78, 5) is 20.8. The SMILES string of the molecule is O=C1C(N2CCNCC2)CCN1Cc1cccnc1. The second-order valence-electron chi connectivity index (χ2n) is 5.21. The van der Waals surface area contributed by atoms with Crippen LogP contribution in [0, 0.1) is 0 Å². The number of piperazine rings is 1. The third kappa shape index (κ3) is 2.77. The van der Waals surface area contributed by atoms with Crippen molar-refractivity contribution < 1.29 is 4.79 Å². The molecule has 0 spiro atoms. The van der Waals surface area contributed by atoms with Crippen molar-refractivity contribution in [3.63, 3.8) is 0 Å². The Hall–Kier alpha value is -1.46. The predicted molar refractivity (Wildman–Crippen MR) is 72.5 cm³/mol. The number of carbonyl (C=O) groups is 1. The van der Waals surface area contributed by atoms with Gasteiger partial charge in [-0.2, -0.15) is 0 Å². The lowest BCUT2D eigenvalue weighted by Crippen LogP contribution is -2.51. The molecule has 5 heteroatoms. The Morgan fingerprint density at radius 3 is 2.89 bits per heavy atom. The molecule has 0 aliphatic carbocycles. The molecule has 1 N–H and O–H groups in total. The fourth-order valence-corrected chi connectivity index (χ4v) is 2.92. The molecule has 19 heavy (non-hydrogen) atoms. The van der Waals surface area contributed by atoms with E-state index in [2.05, 4.69) is 15.2 Å². The number of nitrogens with zero attached hydrogens (tertiary/aromatic N) is 3. The van der Waals surface area contributed by atoms with Gasteiger partial charge in [0.05, 0.1) is 6.04 Å². The Morgan fingerprint density at radius 2 is 2.16 bits per heavy atom. The quantitative estimate of drug-likeness (QED) is 0.836. The summed E-state index contributed by atoms with van der Waals surface area (Å²) in [5, 5.41) is 3.33. The van der Waals surface area contributed by atoms with Gasteiger partial charge in [-0.3, -0.25) is 14.7 Å². The van der Waals surface area contributed by atoms with Gasteiger partial charge in [0.25, 0.3) is 0 Å². The monoisotopic (exact) mass is 260 g/mol. The number of likely N-dealkylation sites (tertiary alicyclic amines) is 1. The van der Waals surface area contributed by atoms with Gasteiger partial charge < -0.3 is 10.2 Å². The van der Waals surface area contributed by atoms with Gasteiger partial charge >= 0.3 is 0 Å². The average Bonchev–Trinajstić information content (AvgIpc) is 2.82. The van der Waals surface area contributed by atoms with Crippen LogP contribution in [0.15, 0.2) is 24.5 Å². The molecule has 1 amide bonds. The fourth-order valence-electron chi connectivity index (χ4n) is 2.92. The van der Waals surface area contributed by atoms with Gasteiger partial charge in [0.1, 0.15) is 0 Å². The Morgan fingerprint density at radius 1 is 1.32 bits per heavy atom. The first-order valence-corrected chi connectivity index (χ1v) is 6.97. The summed E-state index contributed by atoms with van der Waals surface area (Å²) < 4.78 is 0. The topological polar surface area (TPSA) is 48.5 Å². The summed E-state index contributed by atoms with van der Waals surface area (Å²) in [7, 11) is 0. The highest BCUT2D eigenvalue weighted by atomic mass is 16.2. The largest absolute Gasteiger partial charge is 0.337 e. The number of carbonyl (C=O) groups excluding carboxylic acids is 1. The Bertz CT molecular complexity index is 430. The van der Waals surface area contributed by atoms with E-state index in [-0.39, 0.29) is 11.9 Å². The second kappa shape index (κ2) is 5.67. The average molecular weight is 260 g/mol. The van der Waals surface area contributed by atoms with Crippen LogP contribution in [0.3, 0.4) is 0 Å². The zero-order valence-electron chi connectivity index (χ0n) is 11.1. The molecule has 3 heterocycles. The molecular formula is C14H20N4O. The highest BCUT2D eigenvalue weighted by Gasteiger charge is 2.35. The van der Waals surface area contributed by atoms with Crippen molar-refractivity contribution in [2.75, 3.05) is 32.7 Å². The van der Waals surface area contributed by atoms with Gasteiger partial charge in [-0.05, 0) is 18.1 Å². The first-order chi connectivity index (χ1) is 9.34. The number of nitrogens with one attached hydrogen (secondary N) is 1. The third-order valence-electron chi connectivity index (χ3n) is 3.96. The minimum absolute atomic E-state index is 0.0961. The van der Waals surface area contributed by atoms with E-state index in [0.717, 1.165) is 44.7 Å². The second-order valence-corrected chi connectivity index (χ2v) is 5.21. The predicted octanol–water partition coefficient (Wildman–Crippen LogP) is 0.0877.